The van der Waals surface area contributed by atoms with Gasteiger partial charge in [-0.2, -0.15) is 0 Å². The number of aliphatic hydroxyl groups excluding tert-OH is 1. The van der Waals surface area contributed by atoms with E-state index in [4.69, 9.17) is 4.74 Å². The molecule has 1 heterocycles. The number of ether oxygens (including phenoxy) is 1. The molecule has 18 heavy (non-hydrogen) atoms. The Kier molecular flexibility index (Phi) is 2.99. The number of aliphatic hydroxyl groups is 1. The first kappa shape index (κ1) is 11.2. The van der Waals surface area contributed by atoms with Gasteiger partial charge in [0.05, 0.1) is 6.10 Å². The lowest BCUT2D eigenvalue weighted by atomic mass is 10.1. The van der Waals surface area contributed by atoms with Crippen molar-refractivity contribution in [1.29, 1.82) is 0 Å². The zero-order chi connectivity index (χ0) is 12.4. The summed E-state index contributed by atoms with van der Waals surface area (Å²) in [5.41, 5.74) is 3.30. The van der Waals surface area contributed by atoms with Gasteiger partial charge in [-0.1, -0.05) is 12.1 Å². The highest BCUT2D eigenvalue weighted by molar-refractivity contribution is 5.39. The molecule has 0 aliphatic heterocycles. The first-order valence-electron chi connectivity index (χ1n) is 6.15. The number of fused-ring (bicyclic) bond motifs is 1. The van der Waals surface area contributed by atoms with Crippen LogP contribution in [-0.2, 0) is 13.0 Å². The predicted octanol–water partition coefficient (Wildman–Crippen LogP) is 2.64. The summed E-state index contributed by atoms with van der Waals surface area (Å²) < 4.78 is 5.73. The van der Waals surface area contributed by atoms with Crippen LogP contribution in [0.4, 0.5) is 0 Å². The van der Waals surface area contributed by atoms with Crippen LogP contribution in [0.25, 0.3) is 0 Å². The highest BCUT2D eigenvalue weighted by Gasteiger charge is 2.20. The number of rotatable bonds is 3. The third kappa shape index (κ3) is 2.22. The number of aryl methyl sites for hydroxylation is 1. The minimum Gasteiger partial charge on any atom is -0.489 e. The highest BCUT2D eigenvalue weighted by Crippen LogP contribution is 2.33. The van der Waals surface area contributed by atoms with E-state index in [0.717, 1.165) is 29.7 Å². The molecule has 1 atom stereocenters. The summed E-state index contributed by atoms with van der Waals surface area (Å²) in [4.78, 5) is 4.05. The zero-order valence-electron chi connectivity index (χ0n) is 10.0. The van der Waals surface area contributed by atoms with Crippen molar-refractivity contribution in [3.05, 3.63) is 59.4 Å². The van der Waals surface area contributed by atoms with Crippen molar-refractivity contribution in [2.75, 3.05) is 0 Å². The summed E-state index contributed by atoms with van der Waals surface area (Å²) in [5.74, 6) is 0.853. The van der Waals surface area contributed by atoms with E-state index in [1.807, 2.05) is 30.3 Å². The SMILES string of the molecule is OC1CCc2cc(OCc3cccnc3)ccc21. The second-order valence-corrected chi connectivity index (χ2v) is 4.57. The quantitative estimate of drug-likeness (QED) is 0.898. The largest absolute Gasteiger partial charge is 0.489 e. The Morgan fingerprint density at radius 2 is 2.28 bits per heavy atom. The molecule has 3 heteroatoms. The highest BCUT2D eigenvalue weighted by atomic mass is 16.5. The molecule has 0 radical (unpaired) electrons. The van der Waals surface area contributed by atoms with Crippen molar-refractivity contribution in [3.8, 4) is 5.75 Å². The van der Waals surface area contributed by atoms with Gasteiger partial charge < -0.3 is 9.84 Å². The van der Waals surface area contributed by atoms with Crippen LogP contribution in [0.1, 0.15) is 29.2 Å². The minimum atomic E-state index is -0.299. The molecule has 1 aliphatic rings. The molecule has 0 bridgehead atoms. The Bertz CT molecular complexity index is 539. The van der Waals surface area contributed by atoms with Gasteiger partial charge in [-0.15, -0.1) is 0 Å². The fourth-order valence-corrected chi connectivity index (χ4v) is 2.31. The third-order valence-corrected chi connectivity index (χ3v) is 3.29. The van der Waals surface area contributed by atoms with Gasteiger partial charge in [0.1, 0.15) is 12.4 Å². The first-order valence-corrected chi connectivity index (χ1v) is 6.15. The topological polar surface area (TPSA) is 42.4 Å². The van der Waals surface area contributed by atoms with Gasteiger partial charge in [0.2, 0.25) is 0 Å². The first-order chi connectivity index (χ1) is 8.83. The van der Waals surface area contributed by atoms with Gasteiger partial charge in [0.15, 0.2) is 0 Å². The van der Waals surface area contributed by atoms with Crippen molar-refractivity contribution >= 4 is 0 Å². The van der Waals surface area contributed by atoms with Crippen LogP contribution in [0, 0.1) is 0 Å². The number of pyridine rings is 1. The number of hydrogen-bond acceptors (Lipinski definition) is 3. The van der Waals surface area contributed by atoms with Crippen LogP contribution in [0.2, 0.25) is 0 Å². The number of aromatic nitrogens is 1. The molecule has 3 rings (SSSR count). The van der Waals surface area contributed by atoms with E-state index in [9.17, 15) is 5.11 Å². The maximum Gasteiger partial charge on any atom is 0.120 e. The summed E-state index contributed by atoms with van der Waals surface area (Å²) in [6.07, 6.45) is 5.01. The number of hydrogen-bond donors (Lipinski definition) is 1. The van der Waals surface area contributed by atoms with E-state index < -0.39 is 0 Å². The summed E-state index contributed by atoms with van der Waals surface area (Å²) in [5, 5.41) is 9.73. The molecule has 0 amide bonds. The van der Waals surface area contributed by atoms with Crippen LogP contribution < -0.4 is 4.74 Å². The molecule has 3 nitrogen and oxygen atoms in total. The monoisotopic (exact) mass is 241 g/mol. The average molecular weight is 241 g/mol. The molecule has 0 saturated heterocycles. The molecule has 0 spiro atoms. The van der Waals surface area contributed by atoms with Crippen molar-refractivity contribution in [3.63, 3.8) is 0 Å². The molecule has 92 valence electrons. The Labute approximate surface area is 106 Å². The van der Waals surface area contributed by atoms with E-state index in [1.165, 1.54) is 5.56 Å². The lowest BCUT2D eigenvalue weighted by molar-refractivity contribution is 0.180. The van der Waals surface area contributed by atoms with Crippen molar-refractivity contribution in [2.24, 2.45) is 0 Å². The lowest BCUT2D eigenvalue weighted by Gasteiger charge is -2.08. The summed E-state index contributed by atoms with van der Waals surface area (Å²) >= 11 is 0. The Balaban J connectivity index is 1.71. The molecule has 1 N–H and O–H groups in total. The molecule has 1 aromatic carbocycles. The maximum absolute atomic E-state index is 9.73. The van der Waals surface area contributed by atoms with Crippen LogP contribution in [0.3, 0.4) is 0 Å². The number of benzene rings is 1. The zero-order valence-corrected chi connectivity index (χ0v) is 10.0. The Morgan fingerprint density at radius 1 is 1.33 bits per heavy atom. The lowest BCUT2D eigenvalue weighted by Crippen LogP contribution is -1.97. The molecule has 1 aromatic heterocycles. The standard InChI is InChI=1S/C15H15NO2/c17-15-6-3-12-8-13(4-5-14(12)15)18-10-11-2-1-7-16-9-11/h1-2,4-5,7-9,15,17H,3,6,10H2. The smallest absolute Gasteiger partial charge is 0.120 e. The molecule has 0 fully saturated rings. The van der Waals surface area contributed by atoms with Gasteiger partial charge in [0.25, 0.3) is 0 Å². The fourth-order valence-electron chi connectivity index (χ4n) is 2.31. The molecule has 1 unspecified atom stereocenters. The van der Waals surface area contributed by atoms with E-state index in [-0.39, 0.29) is 6.10 Å². The van der Waals surface area contributed by atoms with Crippen LogP contribution >= 0.6 is 0 Å². The Hall–Kier alpha value is -1.87. The van der Waals surface area contributed by atoms with E-state index in [2.05, 4.69) is 4.98 Å². The minimum absolute atomic E-state index is 0.299. The van der Waals surface area contributed by atoms with Crippen LogP contribution in [-0.4, -0.2) is 10.1 Å². The van der Waals surface area contributed by atoms with Crippen LogP contribution in [0.15, 0.2) is 42.7 Å². The van der Waals surface area contributed by atoms with Gasteiger partial charge in [-0.25, -0.2) is 0 Å². The molecule has 0 saturated carbocycles. The number of nitrogens with zero attached hydrogens (tertiary/aromatic N) is 1. The van der Waals surface area contributed by atoms with Gasteiger partial charge in [-0.05, 0) is 42.2 Å². The van der Waals surface area contributed by atoms with Crippen molar-refractivity contribution in [1.82, 2.24) is 4.98 Å². The molecular weight excluding hydrogens is 226 g/mol. The van der Waals surface area contributed by atoms with Crippen molar-refractivity contribution in [2.45, 2.75) is 25.6 Å². The second kappa shape index (κ2) is 4.78. The van der Waals surface area contributed by atoms with Crippen LogP contribution in [0.5, 0.6) is 5.75 Å². The van der Waals surface area contributed by atoms with E-state index in [1.54, 1.807) is 12.4 Å². The summed E-state index contributed by atoms with van der Waals surface area (Å²) in [6, 6.07) is 9.80. The molecule has 2 aromatic rings. The van der Waals surface area contributed by atoms with Gasteiger partial charge in [-0.3, -0.25) is 4.98 Å². The maximum atomic E-state index is 9.73. The van der Waals surface area contributed by atoms with Gasteiger partial charge in [0, 0.05) is 18.0 Å². The predicted molar refractivity (Wildman–Crippen MR) is 68.3 cm³/mol. The van der Waals surface area contributed by atoms with Crippen molar-refractivity contribution < 1.29 is 9.84 Å². The second-order valence-electron chi connectivity index (χ2n) is 4.57. The summed E-state index contributed by atoms with van der Waals surface area (Å²) in [6.45, 7) is 0.523. The molecular formula is C15H15NO2. The fraction of sp³-hybridized carbons (Fsp3) is 0.267. The van der Waals surface area contributed by atoms with E-state index >= 15 is 0 Å². The normalized spacial score (nSPS) is 17.5. The third-order valence-electron chi connectivity index (χ3n) is 3.29. The molecule has 1 aliphatic carbocycles. The average Bonchev–Trinajstić information content (AvgIpc) is 2.79. The van der Waals surface area contributed by atoms with E-state index in [0.29, 0.717) is 6.61 Å². The Morgan fingerprint density at radius 3 is 3.11 bits per heavy atom. The summed E-state index contributed by atoms with van der Waals surface area (Å²) in [7, 11) is 0. The van der Waals surface area contributed by atoms with Gasteiger partial charge >= 0.3 is 0 Å².